The summed E-state index contributed by atoms with van der Waals surface area (Å²) in [4.78, 5) is 12.0. The fraction of sp³-hybridized carbons (Fsp3) is 0.235. The average Bonchev–Trinajstić information content (AvgIpc) is 2.52. The molecule has 0 atom stereocenters. The van der Waals surface area contributed by atoms with Crippen LogP contribution >= 0.6 is 0 Å². The van der Waals surface area contributed by atoms with Gasteiger partial charge in [0.15, 0.2) is 0 Å². The number of carbonyl (C=O) groups excluding carboxylic acids is 1. The van der Waals surface area contributed by atoms with Gasteiger partial charge in [0.2, 0.25) is 0 Å². The van der Waals surface area contributed by atoms with Gasteiger partial charge in [0.1, 0.15) is 12.4 Å². The van der Waals surface area contributed by atoms with Crippen LogP contribution in [0.3, 0.4) is 0 Å². The SMILES string of the molecule is CC(C)OC(=O)CN(c1cccc(F)c1)S(=O)(=O)c1ccccc1. The summed E-state index contributed by atoms with van der Waals surface area (Å²) in [5, 5.41) is 0. The Balaban J connectivity index is 2.45. The highest BCUT2D eigenvalue weighted by atomic mass is 32.2. The molecule has 128 valence electrons. The van der Waals surface area contributed by atoms with Crippen LogP contribution in [0, 0.1) is 5.82 Å². The van der Waals surface area contributed by atoms with Crippen LogP contribution in [-0.4, -0.2) is 27.0 Å². The van der Waals surface area contributed by atoms with Crippen LogP contribution in [0.25, 0.3) is 0 Å². The van der Waals surface area contributed by atoms with Crippen molar-refractivity contribution in [1.29, 1.82) is 0 Å². The number of benzene rings is 2. The molecule has 7 heteroatoms. The molecule has 0 saturated carbocycles. The van der Waals surface area contributed by atoms with Crippen molar-refractivity contribution in [2.45, 2.75) is 24.8 Å². The molecule has 5 nitrogen and oxygen atoms in total. The maximum atomic E-state index is 13.5. The minimum absolute atomic E-state index is 0.00612. The molecule has 0 radical (unpaired) electrons. The molecule has 0 bridgehead atoms. The molecule has 0 aromatic heterocycles. The number of nitrogens with zero attached hydrogens (tertiary/aromatic N) is 1. The monoisotopic (exact) mass is 351 g/mol. The van der Waals surface area contributed by atoms with Crippen molar-refractivity contribution in [3.8, 4) is 0 Å². The Morgan fingerprint density at radius 2 is 1.79 bits per heavy atom. The molecule has 0 aliphatic carbocycles. The average molecular weight is 351 g/mol. The summed E-state index contributed by atoms with van der Waals surface area (Å²) in [6, 6.07) is 12.7. The van der Waals surface area contributed by atoms with Gasteiger partial charge in [-0.05, 0) is 44.2 Å². The number of rotatable bonds is 6. The minimum atomic E-state index is -4.04. The van der Waals surface area contributed by atoms with E-state index in [-0.39, 0.29) is 16.7 Å². The molecule has 0 heterocycles. The Kier molecular flexibility index (Phi) is 5.56. The number of hydrogen-bond acceptors (Lipinski definition) is 4. The lowest BCUT2D eigenvalue weighted by Crippen LogP contribution is -2.37. The highest BCUT2D eigenvalue weighted by Crippen LogP contribution is 2.24. The van der Waals surface area contributed by atoms with Crippen LogP contribution in [0.15, 0.2) is 59.5 Å². The number of sulfonamides is 1. The highest BCUT2D eigenvalue weighted by molar-refractivity contribution is 7.92. The maximum Gasteiger partial charge on any atom is 0.327 e. The van der Waals surface area contributed by atoms with Gasteiger partial charge in [-0.1, -0.05) is 24.3 Å². The van der Waals surface area contributed by atoms with Crippen LogP contribution < -0.4 is 4.31 Å². The van der Waals surface area contributed by atoms with Crippen molar-refractivity contribution in [2.75, 3.05) is 10.8 Å². The van der Waals surface area contributed by atoms with Crippen LogP contribution in [0.2, 0.25) is 0 Å². The Labute approximate surface area is 140 Å². The van der Waals surface area contributed by atoms with Crippen LogP contribution in [0.1, 0.15) is 13.8 Å². The Morgan fingerprint density at radius 1 is 1.12 bits per heavy atom. The summed E-state index contributed by atoms with van der Waals surface area (Å²) in [6.45, 7) is 2.78. The molecular formula is C17H18FNO4S. The molecule has 0 amide bonds. The Morgan fingerprint density at radius 3 is 2.38 bits per heavy atom. The number of carbonyl (C=O) groups is 1. The molecular weight excluding hydrogens is 333 g/mol. The van der Waals surface area contributed by atoms with E-state index in [4.69, 9.17) is 4.74 Å². The molecule has 0 unspecified atom stereocenters. The lowest BCUT2D eigenvalue weighted by Gasteiger charge is -2.24. The van der Waals surface area contributed by atoms with Crippen LogP contribution in [0.4, 0.5) is 10.1 Å². The normalized spacial score (nSPS) is 11.3. The summed E-state index contributed by atoms with van der Waals surface area (Å²) >= 11 is 0. The van der Waals surface area contributed by atoms with E-state index < -0.39 is 28.4 Å². The first-order valence-corrected chi connectivity index (χ1v) is 8.77. The van der Waals surface area contributed by atoms with Crippen LogP contribution in [-0.2, 0) is 19.6 Å². The molecule has 0 saturated heterocycles. The fourth-order valence-corrected chi connectivity index (χ4v) is 3.51. The summed E-state index contributed by atoms with van der Waals surface area (Å²) < 4.78 is 45.1. The lowest BCUT2D eigenvalue weighted by atomic mass is 10.3. The lowest BCUT2D eigenvalue weighted by molar-refractivity contribution is -0.145. The van der Waals surface area contributed by atoms with Gasteiger partial charge in [-0.2, -0.15) is 0 Å². The molecule has 0 N–H and O–H groups in total. The van der Waals surface area contributed by atoms with E-state index in [1.165, 1.54) is 30.3 Å². The van der Waals surface area contributed by atoms with E-state index in [1.54, 1.807) is 32.0 Å². The van der Waals surface area contributed by atoms with Gasteiger partial charge in [0.05, 0.1) is 16.7 Å². The number of anilines is 1. The van der Waals surface area contributed by atoms with E-state index in [9.17, 15) is 17.6 Å². The summed E-state index contributed by atoms with van der Waals surface area (Å²) in [5.41, 5.74) is 0.0551. The third-order valence-electron chi connectivity index (χ3n) is 3.07. The first kappa shape index (κ1) is 17.9. The summed E-state index contributed by atoms with van der Waals surface area (Å²) in [7, 11) is -4.04. The zero-order valence-corrected chi connectivity index (χ0v) is 14.2. The predicted molar refractivity (Wildman–Crippen MR) is 88.6 cm³/mol. The summed E-state index contributed by atoms with van der Waals surface area (Å²) in [6.07, 6.45) is -0.383. The smallest absolute Gasteiger partial charge is 0.327 e. The molecule has 2 aromatic rings. The van der Waals surface area contributed by atoms with E-state index >= 15 is 0 Å². The number of halogens is 1. The molecule has 0 fully saturated rings. The van der Waals surface area contributed by atoms with Gasteiger partial charge in [-0.3, -0.25) is 9.10 Å². The topological polar surface area (TPSA) is 63.7 Å². The molecule has 24 heavy (non-hydrogen) atoms. The van der Waals surface area contributed by atoms with Crippen molar-refractivity contribution in [1.82, 2.24) is 0 Å². The third kappa shape index (κ3) is 4.32. The zero-order valence-electron chi connectivity index (χ0n) is 13.3. The van der Waals surface area contributed by atoms with E-state index in [0.29, 0.717) is 0 Å². The Hall–Kier alpha value is -2.41. The number of esters is 1. The predicted octanol–water partition coefficient (Wildman–Crippen LogP) is 2.97. The highest BCUT2D eigenvalue weighted by Gasteiger charge is 2.28. The second-order valence-electron chi connectivity index (χ2n) is 5.34. The van der Waals surface area contributed by atoms with Crippen molar-refractivity contribution < 1.29 is 22.3 Å². The molecule has 0 spiro atoms. The van der Waals surface area contributed by atoms with Gasteiger partial charge in [-0.15, -0.1) is 0 Å². The van der Waals surface area contributed by atoms with Crippen molar-refractivity contribution >= 4 is 21.7 Å². The van der Waals surface area contributed by atoms with E-state index in [2.05, 4.69) is 0 Å². The third-order valence-corrected chi connectivity index (χ3v) is 4.86. The first-order chi connectivity index (χ1) is 11.3. The first-order valence-electron chi connectivity index (χ1n) is 7.33. The van der Waals surface area contributed by atoms with Gasteiger partial charge in [0.25, 0.3) is 10.0 Å². The van der Waals surface area contributed by atoms with Crippen molar-refractivity contribution in [2.24, 2.45) is 0 Å². The largest absolute Gasteiger partial charge is 0.462 e. The van der Waals surface area contributed by atoms with Gasteiger partial charge >= 0.3 is 5.97 Å². The molecule has 2 rings (SSSR count). The van der Waals surface area contributed by atoms with Gasteiger partial charge in [-0.25, -0.2) is 12.8 Å². The fourth-order valence-electron chi connectivity index (χ4n) is 2.08. The van der Waals surface area contributed by atoms with Crippen molar-refractivity contribution in [3.05, 3.63) is 60.4 Å². The Bertz CT molecular complexity index is 806. The van der Waals surface area contributed by atoms with Gasteiger partial charge < -0.3 is 4.74 Å². The molecule has 0 aliphatic heterocycles. The quantitative estimate of drug-likeness (QED) is 0.751. The van der Waals surface area contributed by atoms with E-state index in [0.717, 1.165) is 10.4 Å². The van der Waals surface area contributed by atoms with Gasteiger partial charge in [0, 0.05) is 0 Å². The summed E-state index contributed by atoms with van der Waals surface area (Å²) in [5.74, 6) is -1.31. The standard InChI is InChI=1S/C17H18FNO4S/c1-13(2)23-17(20)12-19(15-8-6-7-14(18)11-15)24(21,22)16-9-4-3-5-10-16/h3-11,13H,12H2,1-2H3. The van der Waals surface area contributed by atoms with Crippen LogP contribution in [0.5, 0.6) is 0 Å². The maximum absolute atomic E-state index is 13.5. The molecule has 0 aliphatic rings. The second kappa shape index (κ2) is 7.44. The minimum Gasteiger partial charge on any atom is -0.462 e. The number of hydrogen-bond donors (Lipinski definition) is 0. The molecule has 2 aromatic carbocycles. The zero-order chi connectivity index (χ0) is 17.7. The van der Waals surface area contributed by atoms with E-state index in [1.807, 2.05) is 0 Å². The second-order valence-corrected chi connectivity index (χ2v) is 7.21. The number of ether oxygens (including phenoxy) is 1. The van der Waals surface area contributed by atoms with Crippen molar-refractivity contribution in [3.63, 3.8) is 0 Å².